The van der Waals surface area contributed by atoms with Gasteiger partial charge in [0.25, 0.3) is 11.1 Å². The molecule has 0 aliphatic rings. The summed E-state index contributed by atoms with van der Waals surface area (Å²) in [7, 11) is 17.9. The van der Waals surface area contributed by atoms with Crippen LogP contribution in [0.1, 0.15) is 0 Å². The Balaban J connectivity index is 0.000000253. The van der Waals surface area contributed by atoms with E-state index in [1.807, 2.05) is 63.1 Å². The number of pyridine rings is 2. The number of nitrogens with zero attached hydrogens (tertiary/aromatic N) is 10. The minimum absolute atomic E-state index is 0.142. The highest BCUT2D eigenvalue weighted by molar-refractivity contribution is 6.66. The lowest BCUT2D eigenvalue weighted by Crippen LogP contribution is -2.29. The summed E-state index contributed by atoms with van der Waals surface area (Å²) in [5.74, 6) is -3.34. The minimum atomic E-state index is -0.944. The number of methoxy groups -OCH3 is 2. The number of amides is 1. The van der Waals surface area contributed by atoms with E-state index in [2.05, 4.69) is 53.9 Å². The topological polar surface area (TPSA) is 242 Å². The SMILES string of the molecule is C=CC(=O)Cl.C=CC(=O)Nc1cc(Nc2ncc3cc(Oc4ccc(F)cc4F)c(=O)n(C)c3n2)c(OC)cc1N(C)CCN(C)C.COc1cc(N(C)CCN(C)C)c(N)cc1Nc1ncc2cc(Oc3ccc(F)cc3F)c(=O)n(C)c2n1. The zero-order valence-electron chi connectivity index (χ0n) is 48.2. The molecule has 27 heteroatoms. The van der Waals surface area contributed by atoms with Crippen LogP contribution in [0.5, 0.6) is 34.5 Å². The first kappa shape index (κ1) is 64.4. The highest BCUT2D eigenvalue weighted by Crippen LogP contribution is 2.39. The van der Waals surface area contributed by atoms with Crippen LogP contribution in [0.2, 0.25) is 0 Å². The number of anilines is 8. The molecule has 8 aromatic rings. The number of halogens is 5. The van der Waals surface area contributed by atoms with Crippen LogP contribution in [0, 0.1) is 23.3 Å². The minimum Gasteiger partial charge on any atom is -0.494 e. The Hall–Kier alpha value is -9.79. The molecule has 448 valence electrons. The molecule has 22 nitrogen and oxygen atoms in total. The van der Waals surface area contributed by atoms with Gasteiger partial charge in [-0.3, -0.25) is 28.3 Å². The van der Waals surface area contributed by atoms with Crippen LogP contribution >= 0.6 is 11.6 Å². The number of aryl methyl sites for hydroxylation is 2. The molecule has 5 N–H and O–H groups in total. The number of fused-ring (bicyclic) bond motifs is 2. The fourth-order valence-electron chi connectivity index (χ4n) is 7.85. The van der Waals surface area contributed by atoms with Gasteiger partial charge in [-0.05, 0) is 100 Å². The lowest BCUT2D eigenvalue weighted by molar-refractivity contribution is -0.112. The average molecular weight is 1200 g/mol. The van der Waals surface area contributed by atoms with E-state index in [1.165, 1.54) is 60.9 Å². The highest BCUT2D eigenvalue weighted by Gasteiger charge is 2.20. The maximum absolute atomic E-state index is 14.1. The summed E-state index contributed by atoms with van der Waals surface area (Å²) in [4.78, 5) is 73.4. The predicted molar refractivity (Wildman–Crippen MR) is 323 cm³/mol. The van der Waals surface area contributed by atoms with Gasteiger partial charge in [0.15, 0.2) is 34.6 Å². The van der Waals surface area contributed by atoms with Crippen LogP contribution in [-0.2, 0) is 23.7 Å². The van der Waals surface area contributed by atoms with E-state index in [9.17, 15) is 36.7 Å². The maximum Gasteiger partial charge on any atom is 0.294 e. The normalized spacial score (nSPS) is 10.8. The van der Waals surface area contributed by atoms with Crippen LogP contribution in [0.4, 0.5) is 63.6 Å². The summed E-state index contributed by atoms with van der Waals surface area (Å²) in [5, 5.41) is 9.42. The molecular formula is C58H63ClF4N14O8. The Kier molecular flexibility index (Phi) is 21.9. The molecular weight excluding hydrogens is 1130 g/mol. The summed E-state index contributed by atoms with van der Waals surface area (Å²) < 4.78 is 79.2. The number of aromatic nitrogens is 6. The number of nitrogens with one attached hydrogen (secondary N) is 3. The number of carbonyl (C=O) groups excluding carboxylic acids is 2. The molecule has 0 aliphatic carbocycles. The Labute approximate surface area is 491 Å². The maximum atomic E-state index is 14.1. The van der Waals surface area contributed by atoms with Crippen LogP contribution in [-0.4, -0.2) is 133 Å². The van der Waals surface area contributed by atoms with Gasteiger partial charge < -0.3 is 60.2 Å². The van der Waals surface area contributed by atoms with Crippen LogP contribution in [0.25, 0.3) is 22.1 Å². The van der Waals surface area contributed by atoms with E-state index in [-0.39, 0.29) is 46.4 Å². The predicted octanol–water partition coefficient (Wildman–Crippen LogP) is 8.94. The van der Waals surface area contributed by atoms with Crippen molar-refractivity contribution in [2.45, 2.75) is 0 Å². The van der Waals surface area contributed by atoms with Gasteiger partial charge in [-0.25, -0.2) is 27.5 Å². The fraction of sp³-hybridized carbons (Fsp3) is 0.241. The number of ether oxygens (including phenoxy) is 4. The number of benzene rings is 4. The monoisotopic (exact) mass is 1190 g/mol. The Bertz CT molecular complexity index is 3910. The number of nitrogens with two attached hydrogens (primary N) is 1. The Morgan fingerprint density at radius 1 is 0.600 bits per heavy atom. The molecule has 0 fully saturated rings. The summed E-state index contributed by atoms with van der Waals surface area (Å²) in [6.07, 6.45) is 5.18. The molecule has 0 atom stereocenters. The number of hydrogen-bond acceptors (Lipinski definition) is 19. The molecule has 0 radical (unpaired) electrons. The molecule has 0 bridgehead atoms. The van der Waals surface area contributed by atoms with Gasteiger partial charge in [0.2, 0.25) is 23.0 Å². The van der Waals surface area contributed by atoms with Crippen molar-refractivity contribution in [1.82, 2.24) is 38.9 Å². The van der Waals surface area contributed by atoms with Gasteiger partial charge in [-0.1, -0.05) is 13.2 Å². The lowest BCUT2D eigenvalue weighted by Gasteiger charge is -2.26. The third-order valence-corrected chi connectivity index (χ3v) is 12.6. The molecule has 0 unspecified atom stereocenters. The highest BCUT2D eigenvalue weighted by atomic mass is 35.5. The van der Waals surface area contributed by atoms with Crippen LogP contribution in [0.3, 0.4) is 0 Å². The van der Waals surface area contributed by atoms with E-state index in [0.29, 0.717) is 69.3 Å². The third-order valence-electron chi connectivity index (χ3n) is 12.4. The van der Waals surface area contributed by atoms with Gasteiger partial charge in [0.05, 0.1) is 48.3 Å². The molecule has 0 saturated heterocycles. The molecule has 4 heterocycles. The smallest absolute Gasteiger partial charge is 0.294 e. The van der Waals surface area contributed by atoms with Gasteiger partial charge in [-0.15, -0.1) is 0 Å². The molecule has 4 aromatic heterocycles. The van der Waals surface area contributed by atoms with Crippen molar-refractivity contribution < 1.29 is 46.1 Å². The summed E-state index contributed by atoms with van der Waals surface area (Å²) in [5.41, 5.74) is 9.37. The number of carbonyl (C=O) groups is 2. The zero-order valence-corrected chi connectivity index (χ0v) is 48.9. The van der Waals surface area contributed by atoms with E-state index in [0.717, 1.165) is 61.4 Å². The molecule has 8 rings (SSSR count). The molecule has 4 aromatic carbocycles. The van der Waals surface area contributed by atoms with Crippen LogP contribution in [0.15, 0.2) is 120 Å². The first-order valence-electron chi connectivity index (χ1n) is 25.5. The molecule has 0 aliphatic heterocycles. The van der Waals surface area contributed by atoms with Crippen molar-refractivity contribution in [3.8, 4) is 34.5 Å². The Morgan fingerprint density at radius 2 is 1.02 bits per heavy atom. The number of allylic oxidation sites excluding steroid dienone is 1. The van der Waals surface area contributed by atoms with E-state index < -0.39 is 39.6 Å². The van der Waals surface area contributed by atoms with Crippen molar-refractivity contribution >= 4 is 90.8 Å². The van der Waals surface area contributed by atoms with Crippen LogP contribution < -0.4 is 61.5 Å². The van der Waals surface area contributed by atoms with E-state index in [4.69, 9.17) is 36.3 Å². The number of rotatable bonds is 21. The second-order valence-electron chi connectivity index (χ2n) is 19.1. The third kappa shape index (κ3) is 16.7. The van der Waals surface area contributed by atoms with Gasteiger partial charge >= 0.3 is 0 Å². The number of nitrogen functional groups attached to an aromatic ring is 1. The second kappa shape index (κ2) is 29.0. The first-order valence-corrected chi connectivity index (χ1v) is 25.9. The van der Waals surface area contributed by atoms with E-state index in [1.54, 1.807) is 25.3 Å². The molecule has 1 amide bonds. The lowest BCUT2D eigenvalue weighted by atomic mass is 10.2. The van der Waals surface area contributed by atoms with E-state index >= 15 is 0 Å². The summed E-state index contributed by atoms with van der Waals surface area (Å²) in [6, 6.07) is 15.5. The number of hydrogen-bond donors (Lipinski definition) is 4. The average Bonchev–Trinajstić information content (AvgIpc) is 2.86. The van der Waals surface area contributed by atoms with Crippen molar-refractivity contribution in [2.75, 3.05) is 114 Å². The first-order chi connectivity index (χ1) is 40.3. The van der Waals surface area contributed by atoms with Crippen molar-refractivity contribution in [1.29, 1.82) is 0 Å². The number of likely N-dealkylation sites (N-methyl/N-ethyl adjacent to an activating group) is 4. The van der Waals surface area contributed by atoms with Gasteiger partial charge in [0.1, 0.15) is 34.4 Å². The zero-order chi connectivity index (χ0) is 62.4. The Morgan fingerprint density at radius 3 is 1.42 bits per heavy atom. The second-order valence-corrected chi connectivity index (χ2v) is 19.5. The summed E-state index contributed by atoms with van der Waals surface area (Å²) >= 11 is 4.71. The van der Waals surface area contributed by atoms with Crippen molar-refractivity contribution in [3.05, 3.63) is 154 Å². The fourth-order valence-corrected chi connectivity index (χ4v) is 7.85. The standard InChI is InChI=1S/C29H31F2N7O4.C26H29F2N7O3.C3H3ClO/c1-7-26(39)33-20-14-21(24(41-6)15-22(20)37(4)11-10-36(2)3)34-29-32-16-17-12-25(28(40)38(5)27(17)35-29)42-23-9-8-18(30)13-19(23)31;1-33(2)8-9-34(3)20-13-22(37-5)19(12-18(20)29)31-26-30-14-15-10-23(25(36)35(4)24(15)32-26)38-21-7-6-16(27)11-17(21)28;1-2-3(4)5/h7-9,12-16H,1,10-11H2,2-6H3,(H,33,39)(H,32,34,35);6-7,10-14H,8-9,29H2,1-5H3,(H,30,31,32);2H,1H2. The molecule has 0 spiro atoms. The van der Waals surface area contributed by atoms with Crippen molar-refractivity contribution in [2.24, 2.45) is 14.1 Å². The summed E-state index contributed by atoms with van der Waals surface area (Å²) in [6.45, 7) is 9.70. The molecule has 85 heavy (non-hydrogen) atoms. The quantitative estimate of drug-likeness (QED) is 0.0227. The van der Waals surface area contributed by atoms with Crippen molar-refractivity contribution in [3.63, 3.8) is 0 Å². The van der Waals surface area contributed by atoms with Gasteiger partial charge in [0, 0.05) is 102 Å². The van der Waals surface area contributed by atoms with Gasteiger partial charge in [-0.2, -0.15) is 9.97 Å². The largest absolute Gasteiger partial charge is 0.494 e. The molecule has 0 saturated carbocycles.